The van der Waals surface area contributed by atoms with E-state index in [9.17, 15) is 15.0 Å². The molecule has 0 aliphatic heterocycles. The molecule has 0 fully saturated rings. The SMILES string of the molecule is CC(C)Oc1cccc(C(C)OC[C@H](O)CNC(C)(C)CC2Cc3ccccc3C2)c1CCC(=O)O. The van der Waals surface area contributed by atoms with Crippen molar-refractivity contribution in [1.82, 2.24) is 5.32 Å². The Bertz CT molecular complexity index is 978. The minimum Gasteiger partial charge on any atom is -0.491 e. The topological polar surface area (TPSA) is 88.0 Å². The quantitative estimate of drug-likeness (QED) is 0.336. The Hall–Kier alpha value is -2.41. The zero-order valence-corrected chi connectivity index (χ0v) is 22.4. The highest BCUT2D eigenvalue weighted by molar-refractivity contribution is 5.67. The zero-order chi connectivity index (χ0) is 26.3. The Kier molecular flexibility index (Phi) is 9.94. The van der Waals surface area contributed by atoms with E-state index in [0.717, 1.165) is 30.4 Å². The van der Waals surface area contributed by atoms with Crippen LogP contribution in [0.5, 0.6) is 5.75 Å². The monoisotopic (exact) mass is 497 g/mol. The maximum atomic E-state index is 11.2. The van der Waals surface area contributed by atoms with Gasteiger partial charge in [-0.2, -0.15) is 0 Å². The zero-order valence-electron chi connectivity index (χ0n) is 22.4. The first-order valence-corrected chi connectivity index (χ1v) is 13.2. The smallest absolute Gasteiger partial charge is 0.303 e. The van der Waals surface area contributed by atoms with Crippen molar-refractivity contribution in [1.29, 1.82) is 0 Å². The molecule has 0 amide bonds. The molecule has 198 valence electrons. The van der Waals surface area contributed by atoms with Crippen molar-refractivity contribution in [3.05, 3.63) is 64.7 Å². The number of benzene rings is 2. The van der Waals surface area contributed by atoms with Crippen LogP contribution >= 0.6 is 0 Å². The molecule has 2 aromatic carbocycles. The van der Waals surface area contributed by atoms with E-state index in [0.29, 0.717) is 24.6 Å². The second-order valence-electron chi connectivity index (χ2n) is 11.0. The molecule has 0 aromatic heterocycles. The third-order valence-corrected chi connectivity index (χ3v) is 6.85. The standard InChI is InChI=1S/C30H43NO5/c1-20(2)36-28-12-8-11-26(27(28)13-14-29(33)34)21(3)35-19-25(32)18-31-30(4,5)17-22-15-23-9-6-7-10-24(23)16-22/h6-12,20-22,25,31-32H,13-19H2,1-5H3,(H,33,34)/t21?,25-/m1/s1. The van der Waals surface area contributed by atoms with E-state index in [-0.39, 0.29) is 30.8 Å². The number of hydrogen-bond acceptors (Lipinski definition) is 5. The van der Waals surface area contributed by atoms with Gasteiger partial charge in [-0.15, -0.1) is 0 Å². The number of aliphatic hydroxyl groups is 1. The van der Waals surface area contributed by atoms with Gasteiger partial charge in [-0.3, -0.25) is 4.79 Å². The summed E-state index contributed by atoms with van der Waals surface area (Å²) in [5, 5.41) is 23.4. The molecule has 0 spiro atoms. The van der Waals surface area contributed by atoms with Crippen LogP contribution in [0.1, 0.15) is 75.8 Å². The fourth-order valence-corrected chi connectivity index (χ4v) is 5.21. The molecule has 6 nitrogen and oxygen atoms in total. The van der Waals surface area contributed by atoms with Crippen molar-refractivity contribution >= 4 is 5.97 Å². The normalized spacial score (nSPS) is 15.6. The van der Waals surface area contributed by atoms with Gasteiger partial charge in [-0.1, -0.05) is 36.4 Å². The number of carboxylic acids is 1. The molecule has 0 saturated heterocycles. The van der Waals surface area contributed by atoms with Gasteiger partial charge in [0.25, 0.3) is 0 Å². The number of carboxylic acid groups (broad SMARTS) is 1. The highest BCUT2D eigenvalue weighted by Gasteiger charge is 2.28. The molecule has 1 aliphatic rings. The fraction of sp³-hybridized carbons (Fsp3) is 0.567. The Morgan fingerprint density at radius 2 is 1.75 bits per heavy atom. The van der Waals surface area contributed by atoms with E-state index in [1.807, 2.05) is 39.0 Å². The van der Waals surface area contributed by atoms with Gasteiger partial charge >= 0.3 is 5.97 Å². The van der Waals surface area contributed by atoms with Gasteiger partial charge in [0.2, 0.25) is 0 Å². The minimum absolute atomic E-state index is 0.0188. The van der Waals surface area contributed by atoms with Crippen LogP contribution in [0, 0.1) is 5.92 Å². The fourth-order valence-electron chi connectivity index (χ4n) is 5.21. The lowest BCUT2D eigenvalue weighted by Gasteiger charge is -2.31. The van der Waals surface area contributed by atoms with Crippen LogP contribution in [-0.4, -0.2) is 47.1 Å². The molecule has 0 heterocycles. The van der Waals surface area contributed by atoms with Crippen molar-refractivity contribution < 1.29 is 24.5 Å². The van der Waals surface area contributed by atoms with Crippen LogP contribution < -0.4 is 10.1 Å². The van der Waals surface area contributed by atoms with Crippen molar-refractivity contribution in [2.24, 2.45) is 5.92 Å². The average molecular weight is 498 g/mol. The number of carbonyl (C=O) groups is 1. The molecule has 3 rings (SSSR count). The second-order valence-corrected chi connectivity index (χ2v) is 11.0. The summed E-state index contributed by atoms with van der Waals surface area (Å²) >= 11 is 0. The van der Waals surface area contributed by atoms with Gasteiger partial charge in [0.05, 0.1) is 24.9 Å². The number of nitrogens with one attached hydrogen (secondary N) is 1. The number of rotatable bonds is 14. The van der Waals surface area contributed by atoms with E-state index < -0.39 is 12.1 Å². The van der Waals surface area contributed by atoms with Crippen molar-refractivity contribution in [2.75, 3.05) is 13.2 Å². The lowest BCUT2D eigenvalue weighted by molar-refractivity contribution is -0.136. The van der Waals surface area contributed by atoms with Crippen LogP contribution in [-0.2, 0) is 28.8 Å². The maximum Gasteiger partial charge on any atom is 0.303 e. The predicted octanol–water partition coefficient (Wildman–Crippen LogP) is 5.10. The molecule has 1 unspecified atom stereocenters. The van der Waals surface area contributed by atoms with Crippen LogP contribution in [0.3, 0.4) is 0 Å². The second kappa shape index (κ2) is 12.7. The Morgan fingerprint density at radius 1 is 1.08 bits per heavy atom. The number of aliphatic carboxylic acids is 1. The molecule has 0 radical (unpaired) electrons. The molecule has 0 saturated carbocycles. The van der Waals surface area contributed by atoms with Crippen LogP contribution in [0.15, 0.2) is 42.5 Å². The predicted molar refractivity (Wildman–Crippen MR) is 143 cm³/mol. The van der Waals surface area contributed by atoms with Crippen molar-refractivity contribution in [3.8, 4) is 5.75 Å². The molecular weight excluding hydrogens is 454 g/mol. The average Bonchev–Trinajstić information content (AvgIpc) is 3.21. The molecular formula is C30H43NO5. The largest absolute Gasteiger partial charge is 0.491 e. The van der Waals surface area contributed by atoms with E-state index >= 15 is 0 Å². The van der Waals surface area contributed by atoms with Gasteiger partial charge in [0.15, 0.2) is 0 Å². The third kappa shape index (κ3) is 8.32. The molecule has 3 N–H and O–H groups in total. The Labute approximate surface area is 216 Å². The first-order chi connectivity index (χ1) is 17.0. The summed E-state index contributed by atoms with van der Waals surface area (Å²) in [6.07, 6.45) is 2.70. The number of hydrogen-bond donors (Lipinski definition) is 3. The van der Waals surface area contributed by atoms with E-state index in [1.54, 1.807) is 0 Å². The molecule has 0 bridgehead atoms. The number of aliphatic hydroxyl groups excluding tert-OH is 1. The lowest BCUT2D eigenvalue weighted by atomic mass is 9.88. The first-order valence-electron chi connectivity index (χ1n) is 13.2. The third-order valence-electron chi connectivity index (χ3n) is 6.85. The van der Waals surface area contributed by atoms with E-state index in [2.05, 4.69) is 43.4 Å². The number of fused-ring (bicyclic) bond motifs is 1. The lowest BCUT2D eigenvalue weighted by Crippen LogP contribution is -2.45. The molecule has 1 aliphatic carbocycles. The summed E-state index contributed by atoms with van der Waals surface area (Å²) in [5.74, 6) is 0.458. The molecule has 6 heteroatoms. The summed E-state index contributed by atoms with van der Waals surface area (Å²) in [5.41, 5.74) is 4.59. The summed E-state index contributed by atoms with van der Waals surface area (Å²) in [6, 6.07) is 14.4. The van der Waals surface area contributed by atoms with Gasteiger partial charge < -0.3 is 25.0 Å². The Balaban J connectivity index is 1.51. The van der Waals surface area contributed by atoms with Crippen molar-refractivity contribution in [3.63, 3.8) is 0 Å². The maximum absolute atomic E-state index is 11.2. The van der Waals surface area contributed by atoms with Crippen LogP contribution in [0.2, 0.25) is 0 Å². The van der Waals surface area contributed by atoms with Gasteiger partial charge in [0.1, 0.15) is 5.75 Å². The summed E-state index contributed by atoms with van der Waals surface area (Å²) in [6.45, 7) is 10.9. The van der Waals surface area contributed by atoms with Gasteiger partial charge in [-0.05, 0) is 89.0 Å². The van der Waals surface area contributed by atoms with E-state index in [1.165, 1.54) is 11.1 Å². The summed E-state index contributed by atoms with van der Waals surface area (Å²) in [4.78, 5) is 11.2. The Morgan fingerprint density at radius 3 is 2.36 bits per heavy atom. The molecule has 36 heavy (non-hydrogen) atoms. The van der Waals surface area contributed by atoms with Gasteiger partial charge in [-0.25, -0.2) is 0 Å². The minimum atomic E-state index is -0.848. The number of ether oxygens (including phenoxy) is 2. The highest BCUT2D eigenvalue weighted by atomic mass is 16.5. The van der Waals surface area contributed by atoms with Crippen molar-refractivity contribution in [2.45, 2.75) is 90.6 Å². The molecule has 2 atom stereocenters. The van der Waals surface area contributed by atoms with E-state index in [4.69, 9.17) is 9.47 Å². The van der Waals surface area contributed by atoms with Crippen LogP contribution in [0.4, 0.5) is 0 Å². The van der Waals surface area contributed by atoms with Crippen LogP contribution in [0.25, 0.3) is 0 Å². The first kappa shape index (κ1) is 28.2. The van der Waals surface area contributed by atoms with Gasteiger partial charge in [0, 0.05) is 24.1 Å². The summed E-state index contributed by atoms with van der Waals surface area (Å²) < 4.78 is 12.0. The number of β-amino-alcohol motifs (C(OH)–C–C–N with tert-alkyl or cyclic N) is 1. The summed E-state index contributed by atoms with van der Waals surface area (Å²) in [7, 11) is 0. The molecule has 2 aromatic rings. The highest BCUT2D eigenvalue weighted by Crippen LogP contribution is 2.33.